The first-order valence-corrected chi connectivity index (χ1v) is 8.47. The Morgan fingerprint density at radius 2 is 1.91 bits per heavy atom. The number of carbonyl (C=O) groups is 2. The summed E-state index contributed by atoms with van der Waals surface area (Å²) in [6, 6.07) is 10.2. The molecule has 3 rings (SSSR count). The quantitative estimate of drug-likeness (QED) is 0.818. The molecule has 1 atom stereocenters. The summed E-state index contributed by atoms with van der Waals surface area (Å²) < 4.78 is 0. The zero-order chi connectivity index (χ0) is 16.1. The smallest absolute Gasteiger partial charge is 0.223 e. The van der Waals surface area contributed by atoms with E-state index < -0.39 is 0 Å². The molecule has 1 fully saturated rings. The van der Waals surface area contributed by atoms with E-state index in [1.54, 1.807) is 0 Å². The fraction of sp³-hybridized carbons (Fsp3) is 0.474. The van der Waals surface area contributed by atoms with Crippen molar-refractivity contribution in [2.24, 2.45) is 11.8 Å². The summed E-state index contributed by atoms with van der Waals surface area (Å²) in [6.07, 6.45) is 7.26. The number of allylic oxidation sites excluding steroid dienone is 2. The molecule has 23 heavy (non-hydrogen) atoms. The molecule has 2 aliphatic rings. The molecule has 1 aromatic rings. The second-order valence-electron chi connectivity index (χ2n) is 6.53. The largest absolute Gasteiger partial charge is 0.355 e. The van der Waals surface area contributed by atoms with Gasteiger partial charge in [-0.1, -0.05) is 42.5 Å². The van der Waals surface area contributed by atoms with Gasteiger partial charge in [-0.3, -0.25) is 9.59 Å². The van der Waals surface area contributed by atoms with Crippen molar-refractivity contribution in [2.45, 2.75) is 25.7 Å². The SMILES string of the molecule is O=C(NCC1CC(=O)N(CCc2ccccc2)C1)C1CC=CC1. The Bertz CT molecular complexity index is 574. The third-order valence-electron chi connectivity index (χ3n) is 4.75. The summed E-state index contributed by atoms with van der Waals surface area (Å²) in [5, 5.41) is 3.02. The fourth-order valence-corrected chi connectivity index (χ4v) is 3.34. The van der Waals surface area contributed by atoms with E-state index in [0.717, 1.165) is 32.4 Å². The molecule has 0 radical (unpaired) electrons. The molecule has 4 heteroatoms. The van der Waals surface area contributed by atoms with Crippen LogP contribution in [0.15, 0.2) is 42.5 Å². The Hall–Kier alpha value is -2.10. The maximum absolute atomic E-state index is 12.1. The zero-order valence-electron chi connectivity index (χ0n) is 13.4. The number of nitrogens with one attached hydrogen (secondary N) is 1. The molecule has 1 aliphatic heterocycles. The van der Waals surface area contributed by atoms with Crippen LogP contribution in [0.5, 0.6) is 0 Å². The van der Waals surface area contributed by atoms with Gasteiger partial charge in [-0.25, -0.2) is 0 Å². The van der Waals surface area contributed by atoms with Crippen molar-refractivity contribution in [2.75, 3.05) is 19.6 Å². The molecular weight excluding hydrogens is 288 g/mol. The number of amides is 2. The molecule has 1 aliphatic carbocycles. The van der Waals surface area contributed by atoms with Crippen LogP contribution in [-0.2, 0) is 16.0 Å². The van der Waals surface area contributed by atoms with E-state index in [2.05, 4.69) is 29.6 Å². The highest BCUT2D eigenvalue weighted by Crippen LogP contribution is 2.20. The van der Waals surface area contributed by atoms with Gasteiger partial charge in [-0.2, -0.15) is 0 Å². The Balaban J connectivity index is 1.41. The number of carbonyl (C=O) groups excluding carboxylic acids is 2. The standard InChI is InChI=1S/C19H24N2O2/c22-18-12-16(13-20-19(23)17-8-4-5-9-17)14-21(18)11-10-15-6-2-1-3-7-15/h1-7,16-17H,8-14H2,(H,20,23). The molecule has 1 aromatic carbocycles. The Morgan fingerprint density at radius 3 is 2.65 bits per heavy atom. The maximum atomic E-state index is 12.1. The van der Waals surface area contributed by atoms with Gasteiger partial charge in [0.2, 0.25) is 11.8 Å². The molecule has 1 saturated heterocycles. The van der Waals surface area contributed by atoms with Crippen LogP contribution >= 0.6 is 0 Å². The normalized spacial score (nSPS) is 21.1. The zero-order valence-corrected chi connectivity index (χ0v) is 13.4. The lowest BCUT2D eigenvalue weighted by atomic mass is 10.1. The molecule has 1 N–H and O–H groups in total. The van der Waals surface area contributed by atoms with E-state index in [1.165, 1.54) is 5.56 Å². The van der Waals surface area contributed by atoms with E-state index in [4.69, 9.17) is 0 Å². The van der Waals surface area contributed by atoms with Gasteiger partial charge in [0.05, 0.1) is 0 Å². The molecule has 1 unspecified atom stereocenters. The average molecular weight is 312 g/mol. The van der Waals surface area contributed by atoms with Crippen molar-refractivity contribution in [3.63, 3.8) is 0 Å². The summed E-state index contributed by atoms with van der Waals surface area (Å²) in [7, 11) is 0. The van der Waals surface area contributed by atoms with Crippen LogP contribution in [0.1, 0.15) is 24.8 Å². The lowest BCUT2D eigenvalue weighted by Crippen LogP contribution is -2.34. The number of nitrogens with zero attached hydrogens (tertiary/aromatic N) is 1. The van der Waals surface area contributed by atoms with Gasteiger partial charge in [0.25, 0.3) is 0 Å². The molecule has 0 saturated carbocycles. The van der Waals surface area contributed by atoms with Crippen molar-refractivity contribution in [3.05, 3.63) is 48.0 Å². The number of rotatable bonds is 6. The highest BCUT2D eigenvalue weighted by atomic mass is 16.2. The van der Waals surface area contributed by atoms with E-state index in [1.807, 2.05) is 23.1 Å². The van der Waals surface area contributed by atoms with Gasteiger partial charge in [0.15, 0.2) is 0 Å². The maximum Gasteiger partial charge on any atom is 0.223 e. The van der Waals surface area contributed by atoms with Gasteiger partial charge in [0, 0.05) is 37.9 Å². The minimum absolute atomic E-state index is 0.0984. The molecule has 2 amide bonds. The first-order valence-electron chi connectivity index (χ1n) is 8.47. The average Bonchev–Trinajstić information content (AvgIpc) is 3.22. The summed E-state index contributed by atoms with van der Waals surface area (Å²) in [4.78, 5) is 26.1. The van der Waals surface area contributed by atoms with E-state index >= 15 is 0 Å². The molecule has 4 nitrogen and oxygen atoms in total. The van der Waals surface area contributed by atoms with Crippen LogP contribution in [-0.4, -0.2) is 36.3 Å². The minimum Gasteiger partial charge on any atom is -0.355 e. The van der Waals surface area contributed by atoms with Gasteiger partial charge in [0.1, 0.15) is 0 Å². The van der Waals surface area contributed by atoms with E-state index in [0.29, 0.717) is 13.0 Å². The molecule has 1 heterocycles. The van der Waals surface area contributed by atoms with Crippen LogP contribution < -0.4 is 5.32 Å². The van der Waals surface area contributed by atoms with Gasteiger partial charge in [-0.15, -0.1) is 0 Å². The monoisotopic (exact) mass is 312 g/mol. The van der Waals surface area contributed by atoms with Crippen LogP contribution in [0.3, 0.4) is 0 Å². The summed E-state index contributed by atoms with van der Waals surface area (Å²) in [6.45, 7) is 2.14. The van der Waals surface area contributed by atoms with Crippen molar-refractivity contribution in [1.29, 1.82) is 0 Å². The Labute approximate surface area is 137 Å². The molecular formula is C19H24N2O2. The van der Waals surface area contributed by atoms with Crippen LogP contribution in [0.2, 0.25) is 0 Å². The van der Waals surface area contributed by atoms with E-state index in [9.17, 15) is 9.59 Å². The number of hydrogen-bond acceptors (Lipinski definition) is 2. The fourth-order valence-electron chi connectivity index (χ4n) is 3.34. The van der Waals surface area contributed by atoms with Crippen molar-refractivity contribution in [1.82, 2.24) is 10.2 Å². The Kier molecular flexibility index (Phi) is 5.11. The second kappa shape index (κ2) is 7.44. The minimum atomic E-state index is 0.0984. The van der Waals surface area contributed by atoms with E-state index in [-0.39, 0.29) is 23.7 Å². The molecule has 0 bridgehead atoms. The molecule has 0 aromatic heterocycles. The lowest BCUT2D eigenvalue weighted by molar-refractivity contribution is -0.128. The van der Waals surface area contributed by atoms with Crippen LogP contribution in [0, 0.1) is 11.8 Å². The number of hydrogen-bond donors (Lipinski definition) is 1. The topological polar surface area (TPSA) is 49.4 Å². The molecule has 122 valence electrons. The second-order valence-corrected chi connectivity index (χ2v) is 6.53. The van der Waals surface area contributed by atoms with Gasteiger partial charge < -0.3 is 10.2 Å². The third-order valence-corrected chi connectivity index (χ3v) is 4.75. The predicted octanol–water partition coefficient (Wildman–Crippen LogP) is 2.16. The lowest BCUT2D eigenvalue weighted by Gasteiger charge is -2.17. The molecule has 0 spiro atoms. The number of likely N-dealkylation sites (tertiary alicyclic amines) is 1. The Morgan fingerprint density at radius 1 is 1.17 bits per heavy atom. The number of benzene rings is 1. The highest BCUT2D eigenvalue weighted by molar-refractivity contribution is 5.80. The van der Waals surface area contributed by atoms with Crippen LogP contribution in [0.4, 0.5) is 0 Å². The highest BCUT2D eigenvalue weighted by Gasteiger charge is 2.30. The summed E-state index contributed by atoms with van der Waals surface area (Å²) in [5.41, 5.74) is 1.26. The van der Waals surface area contributed by atoms with Crippen molar-refractivity contribution >= 4 is 11.8 Å². The first-order chi connectivity index (χ1) is 11.2. The van der Waals surface area contributed by atoms with Gasteiger partial charge >= 0.3 is 0 Å². The summed E-state index contributed by atoms with van der Waals surface area (Å²) >= 11 is 0. The van der Waals surface area contributed by atoms with Crippen LogP contribution in [0.25, 0.3) is 0 Å². The van der Waals surface area contributed by atoms with Crippen molar-refractivity contribution < 1.29 is 9.59 Å². The van der Waals surface area contributed by atoms with Gasteiger partial charge in [-0.05, 0) is 24.8 Å². The van der Waals surface area contributed by atoms with Crippen molar-refractivity contribution in [3.8, 4) is 0 Å². The first kappa shape index (κ1) is 15.8. The predicted molar refractivity (Wildman–Crippen MR) is 89.7 cm³/mol. The third kappa shape index (κ3) is 4.21. The summed E-state index contributed by atoms with van der Waals surface area (Å²) in [5.74, 6) is 0.686.